The molecular weight excluding hydrogens is 268 g/mol. The van der Waals surface area contributed by atoms with Crippen molar-refractivity contribution >= 4 is 16.9 Å². The Kier molecular flexibility index (Phi) is 2.53. The van der Waals surface area contributed by atoms with E-state index in [4.69, 9.17) is 10.5 Å². The summed E-state index contributed by atoms with van der Waals surface area (Å²) in [7, 11) is 1.91. The molecule has 0 bridgehead atoms. The van der Waals surface area contributed by atoms with Crippen LogP contribution in [-0.2, 0) is 7.05 Å². The van der Waals surface area contributed by atoms with Crippen LogP contribution in [0.3, 0.4) is 0 Å². The van der Waals surface area contributed by atoms with E-state index in [-0.39, 0.29) is 0 Å². The molecule has 7 nitrogen and oxygen atoms in total. The molecule has 106 valence electrons. The van der Waals surface area contributed by atoms with Gasteiger partial charge in [-0.1, -0.05) is 0 Å². The Hall–Kier alpha value is -2.70. The van der Waals surface area contributed by atoms with Gasteiger partial charge in [0.15, 0.2) is 11.6 Å². The Morgan fingerprint density at radius 1 is 1.19 bits per heavy atom. The van der Waals surface area contributed by atoms with Gasteiger partial charge in [-0.15, -0.1) is 0 Å². The van der Waals surface area contributed by atoms with E-state index in [0.717, 1.165) is 29.4 Å². The second kappa shape index (κ2) is 4.41. The fourth-order valence-corrected chi connectivity index (χ4v) is 2.30. The molecule has 1 saturated carbocycles. The SMILES string of the molecule is Cn1cc(-c2ncc(OC3CC3)cn2)c2c(N)ncnc21. The number of hydrogen-bond donors (Lipinski definition) is 1. The first-order chi connectivity index (χ1) is 10.2. The molecule has 0 aliphatic heterocycles. The quantitative estimate of drug-likeness (QED) is 0.783. The third-order valence-corrected chi connectivity index (χ3v) is 3.48. The van der Waals surface area contributed by atoms with Gasteiger partial charge in [0.2, 0.25) is 0 Å². The third kappa shape index (κ3) is 2.06. The van der Waals surface area contributed by atoms with Crippen LogP contribution < -0.4 is 10.5 Å². The molecule has 3 aromatic rings. The van der Waals surface area contributed by atoms with E-state index in [1.54, 1.807) is 12.4 Å². The van der Waals surface area contributed by atoms with Gasteiger partial charge in [0.1, 0.15) is 17.8 Å². The van der Waals surface area contributed by atoms with Crippen molar-refractivity contribution in [2.24, 2.45) is 7.05 Å². The number of nitrogens with zero attached hydrogens (tertiary/aromatic N) is 5. The van der Waals surface area contributed by atoms with Crippen LogP contribution in [0.4, 0.5) is 5.82 Å². The van der Waals surface area contributed by atoms with E-state index in [9.17, 15) is 0 Å². The van der Waals surface area contributed by atoms with Crippen LogP contribution in [0.1, 0.15) is 12.8 Å². The van der Waals surface area contributed by atoms with Crippen molar-refractivity contribution in [2.75, 3.05) is 5.73 Å². The largest absolute Gasteiger partial charge is 0.487 e. The summed E-state index contributed by atoms with van der Waals surface area (Å²) in [4.78, 5) is 17.0. The molecule has 0 atom stereocenters. The molecule has 1 aliphatic carbocycles. The molecule has 4 rings (SSSR count). The lowest BCUT2D eigenvalue weighted by molar-refractivity contribution is 0.300. The average molecular weight is 282 g/mol. The smallest absolute Gasteiger partial charge is 0.161 e. The lowest BCUT2D eigenvalue weighted by Crippen LogP contribution is -1.98. The maximum atomic E-state index is 5.97. The molecule has 2 N–H and O–H groups in total. The zero-order valence-electron chi connectivity index (χ0n) is 11.5. The highest BCUT2D eigenvalue weighted by molar-refractivity contribution is 5.99. The average Bonchev–Trinajstić information content (AvgIpc) is 3.23. The second-order valence-corrected chi connectivity index (χ2v) is 5.17. The molecule has 0 amide bonds. The monoisotopic (exact) mass is 282 g/mol. The molecule has 3 aromatic heterocycles. The molecular formula is C14H14N6O. The zero-order valence-corrected chi connectivity index (χ0v) is 11.5. The van der Waals surface area contributed by atoms with Gasteiger partial charge in [-0.25, -0.2) is 19.9 Å². The molecule has 0 unspecified atom stereocenters. The van der Waals surface area contributed by atoms with Gasteiger partial charge in [-0.05, 0) is 12.8 Å². The van der Waals surface area contributed by atoms with Gasteiger partial charge in [-0.2, -0.15) is 0 Å². The number of hydrogen-bond acceptors (Lipinski definition) is 6. The maximum Gasteiger partial charge on any atom is 0.161 e. The predicted octanol–water partition coefficient (Wildman–Crippen LogP) is 1.55. The minimum Gasteiger partial charge on any atom is -0.487 e. The summed E-state index contributed by atoms with van der Waals surface area (Å²) in [5.74, 6) is 1.72. The van der Waals surface area contributed by atoms with E-state index in [2.05, 4.69) is 19.9 Å². The summed E-state index contributed by atoms with van der Waals surface area (Å²) in [5.41, 5.74) is 7.55. The minimum atomic E-state index is 0.334. The number of nitrogens with two attached hydrogens (primary N) is 1. The Morgan fingerprint density at radius 3 is 2.67 bits per heavy atom. The maximum absolute atomic E-state index is 5.97. The first kappa shape index (κ1) is 12.1. The lowest BCUT2D eigenvalue weighted by atomic mass is 10.2. The Labute approximate surface area is 120 Å². The van der Waals surface area contributed by atoms with Gasteiger partial charge in [-0.3, -0.25) is 0 Å². The minimum absolute atomic E-state index is 0.334. The Morgan fingerprint density at radius 2 is 1.95 bits per heavy atom. The first-order valence-corrected chi connectivity index (χ1v) is 6.77. The van der Waals surface area contributed by atoms with Gasteiger partial charge in [0, 0.05) is 13.2 Å². The highest BCUT2D eigenvalue weighted by Gasteiger charge is 2.24. The van der Waals surface area contributed by atoms with Crippen LogP contribution in [0, 0.1) is 0 Å². The number of rotatable bonds is 3. The fraction of sp³-hybridized carbons (Fsp3) is 0.286. The molecule has 1 aliphatic rings. The first-order valence-electron chi connectivity index (χ1n) is 6.77. The standard InChI is InChI=1S/C14H14N6O/c1-20-6-10(11-12(15)18-7-19-14(11)20)13-16-4-9(5-17-13)21-8-2-3-8/h4-8H,2-3H2,1H3,(H2,15,18,19). The second-order valence-electron chi connectivity index (χ2n) is 5.17. The molecule has 0 radical (unpaired) electrons. The normalized spacial score (nSPS) is 14.5. The van der Waals surface area contributed by atoms with Crippen molar-refractivity contribution in [1.29, 1.82) is 0 Å². The van der Waals surface area contributed by atoms with Crippen molar-refractivity contribution in [3.05, 3.63) is 24.9 Å². The number of aryl methyl sites for hydroxylation is 1. The van der Waals surface area contributed by atoms with E-state index >= 15 is 0 Å². The van der Waals surface area contributed by atoms with E-state index in [1.165, 1.54) is 6.33 Å². The number of anilines is 1. The Balaban J connectivity index is 1.78. The molecule has 0 spiro atoms. The topological polar surface area (TPSA) is 91.7 Å². The van der Waals surface area contributed by atoms with E-state index in [1.807, 2.05) is 17.8 Å². The number of nitrogen functional groups attached to an aromatic ring is 1. The van der Waals surface area contributed by atoms with Gasteiger partial charge in [0.05, 0.1) is 29.4 Å². The van der Waals surface area contributed by atoms with E-state index in [0.29, 0.717) is 23.5 Å². The summed E-state index contributed by atoms with van der Waals surface area (Å²) in [6, 6.07) is 0. The van der Waals surface area contributed by atoms with Crippen LogP contribution >= 0.6 is 0 Å². The van der Waals surface area contributed by atoms with Gasteiger partial charge >= 0.3 is 0 Å². The van der Waals surface area contributed by atoms with Crippen molar-refractivity contribution in [1.82, 2.24) is 24.5 Å². The molecule has 1 fully saturated rings. The summed E-state index contributed by atoms with van der Waals surface area (Å²) >= 11 is 0. The highest BCUT2D eigenvalue weighted by atomic mass is 16.5. The Bertz CT molecular complexity index is 806. The highest BCUT2D eigenvalue weighted by Crippen LogP contribution is 2.31. The molecule has 0 aromatic carbocycles. The number of aromatic nitrogens is 5. The molecule has 7 heteroatoms. The van der Waals surface area contributed by atoms with Crippen molar-refractivity contribution < 1.29 is 4.74 Å². The van der Waals surface area contributed by atoms with Crippen LogP contribution in [0.15, 0.2) is 24.9 Å². The van der Waals surface area contributed by atoms with Crippen LogP contribution in [0.25, 0.3) is 22.4 Å². The predicted molar refractivity (Wildman–Crippen MR) is 77.6 cm³/mol. The van der Waals surface area contributed by atoms with Gasteiger partial charge < -0.3 is 15.0 Å². The van der Waals surface area contributed by atoms with Crippen LogP contribution in [0.5, 0.6) is 5.75 Å². The summed E-state index contributed by atoms with van der Waals surface area (Å²) in [5, 5.41) is 0.774. The fourth-order valence-electron chi connectivity index (χ4n) is 2.30. The van der Waals surface area contributed by atoms with Crippen LogP contribution in [0.2, 0.25) is 0 Å². The van der Waals surface area contributed by atoms with Crippen molar-refractivity contribution in [2.45, 2.75) is 18.9 Å². The van der Waals surface area contributed by atoms with E-state index < -0.39 is 0 Å². The molecule has 0 saturated heterocycles. The van der Waals surface area contributed by atoms with Crippen molar-refractivity contribution in [3.8, 4) is 17.1 Å². The summed E-state index contributed by atoms with van der Waals surface area (Å²) < 4.78 is 7.54. The molecule has 21 heavy (non-hydrogen) atoms. The summed E-state index contributed by atoms with van der Waals surface area (Å²) in [6.45, 7) is 0. The molecule has 3 heterocycles. The number of ether oxygens (including phenoxy) is 1. The summed E-state index contributed by atoms with van der Waals surface area (Å²) in [6.07, 6.45) is 9.30. The zero-order chi connectivity index (χ0) is 14.4. The van der Waals surface area contributed by atoms with Crippen molar-refractivity contribution in [3.63, 3.8) is 0 Å². The lowest BCUT2D eigenvalue weighted by Gasteiger charge is -2.04. The number of fused-ring (bicyclic) bond motifs is 1. The third-order valence-electron chi connectivity index (χ3n) is 3.48. The van der Waals surface area contributed by atoms with Gasteiger partial charge in [0.25, 0.3) is 0 Å². The van der Waals surface area contributed by atoms with Crippen LogP contribution in [-0.4, -0.2) is 30.6 Å².